The summed E-state index contributed by atoms with van der Waals surface area (Å²) in [6, 6.07) is 11.5. The topological polar surface area (TPSA) is 85.3 Å². The van der Waals surface area contributed by atoms with E-state index in [0.29, 0.717) is 29.4 Å². The molecule has 7 heteroatoms. The number of halogens is 1. The minimum atomic E-state index is -0.417. The minimum absolute atomic E-state index is 0.312. The summed E-state index contributed by atoms with van der Waals surface area (Å²) < 4.78 is 18.4. The number of primary amides is 1. The summed E-state index contributed by atoms with van der Waals surface area (Å²) >= 11 is 0. The van der Waals surface area contributed by atoms with Crippen LogP contribution in [0.4, 0.5) is 10.1 Å². The quantitative estimate of drug-likeness (QED) is 0.780. The van der Waals surface area contributed by atoms with E-state index in [0.717, 1.165) is 30.6 Å². The SMILES string of the molecule is NC(=O)c1cccc2c1CCCN2Cc1nc(-c2ccc(F)cc2)no1. The summed E-state index contributed by atoms with van der Waals surface area (Å²) in [5.41, 5.74) is 8.67. The molecule has 0 saturated carbocycles. The molecule has 0 spiro atoms. The summed E-state index contributed by atoms with van der Waals surface area (Å²) in [4.78, 5) is 18.2. The zero-order valence-electron chi connectivity index (χ0n) is 14.0. The molecule has 0 unspecified atom stereocenters. The lowest BCUT2D eigenvalue weighted by atomic mass is 9.96. The lowest BCUT2D eigenvalue weighted by molar-refractivity contribution is 0.0999. The van der Waals surface area contributed by atoms with E-state index in [1.807, 2.05) is 12.1 Å². The van der Waals surface area contributed by atoms with Gasteiger partial charge in [0.1, 0.15) is 5.82 Å². The number of anilines is 1. The van der Waals surface area contributed by atoms with Crippen molar-refractivity contribution in [2.75, 3.05) is 11.4 Å². The number of hydrogen-bond acceptors (Lipinski definition) is 5. The summed E-state index contributed by atoms with van der Waals surface area (Å²) in [7, 11) is 0. The van der Waals surface area contributed by atoms with E-state index in [-0.39, 0.29) is 5.82 Å². The van der Waals surface area contributed by atoms with E-state index in [9.17, 15) is 9.18 Å². The van der Waals surface area contributed by atoms with Gasteiger partial charge in [0.25, 0.3) is 0 Å². The zero-order valence-corrected chi connectivity index (χ0v) is 14.0. The van der Waals surface area contributed by atoms with Crippen LogP contribution < -0.4 is 10.6 Å². The summed E-state index contributed by atoms with van der Waals surface area (Å²) in [6.07, 6.45) is 1.73. The van der Waals surface area contributed by atoms with Crippen molar-refractivity contribution < 1.29 is 13.7 Å². The van der Waals surface area contributed by atoms with Crippen LogP contribution in [0.5, 0.6) is 0 Å². The molecule has 1 aliphatic heterocycles. The molecule has 0 fully saturated rings. The number of carbonyl (C=O) groups is 1. The molecule has 1 amide bonds. The number of hydrogen-bond donors (Lipinski definition) is 1. The Bertz CT molecular complexity index is 952. The van der Waals surface area contributed by atoms with E-state index < -0.39 is 5.91 Å². The predicted octanol–water partition coefficient (Wildman–Crippen LogP) is 2.93. The van der Waals surface area contributed by atoms with Crippen molar-refractivity contribution in [2.24, 2.45) is 5.73 Å². The second-order valence-corrected chi connectivity index (χ2v) is 6.21. The summed E-state index contributed by atoms with van der Waals surface area (Å²) in [6.45, 7) is 1.26. The van der Waals surface area contributed by atoms with Crippen LogP contribution in [-0.2, 0) is 13.0 Å². The highest BCUT2D eigenvalue weighted by atomic mass is 19.1. The van der Waals surface area contributed by atoms with Gasteiger partial charge in [-0.3, -0.25) is 4.79 Å². The van der Waals surface area contributed by atoms with Crippen molar-refractivity contribution in [1.82, 2.24) is 10.1 Å². The van der Waals surface area contributed by atoms with E-state index in [1.165, 1.54) is 12.1 Å². The number of benzene rings is 2. The molecule has 132 valence electrons. The third-order valence-electron chi connectivity index (χ3n) is 4.51. The maximum absolute atomic E-state index is 13.0. The zero-order chi connectivity index (χ0) is 18.1. The molecular weight excluding hydrogens is 335 g/mol. The first kappa shape index (κ1) is 16.3. The van der Waals surface area contributed by atoms with Crippen molar-refractivity contribution >= 4 is 11.6 Å². The largest absolute Gasteiger partial charge is 0.366 e. The molecule has 2 heterocycles. The van der Waals surface area contributed by atoms with Crippen molar-refractivity contribution in [2.45, 2.75) is 19.4 Å². The molecule has 0 atom stereocenters. The fourth-order valence-electron chi connectivity index (χ4n) is 3.29. The van der Waals surface area contributed by atoms with Crippen molar-refractivity contribution in [3.8, 4) is 11.4 Å². The third-order valence-corrected chi connectivity index (χ3v) is 4.51. The van der Waals surface area contributed by atoms with E-state index >= 15 is 0 Å². The van der Waals surface area contributed by atoms with Crippen LogP contribution in [0.15, 0.2) is 47.0 Å². The molecule has 0 aliphatic carbocycles. The number of amides is 1. The van der Waals surface area contributed by atoms with Gasteiger partial charge in [0, 0.05) is 23.4 Å². The summed E-state index contributed by atoms with van der Waals surface area (Å²) in [5.74, 6) is 0.150. The van der Waals surface area contributed by atoms with Gasteiger partial charge in [-0.1, -0.05) is 11.2 Å². The monoisotopic (exact) mass is 352 g/mol. The van der Waals surface area contributed by atoms with Gasteiger partial charge in [-0.2, -0.15) is 4.98 Å². The van der Waals surface area contributed by atoms with Crippen LogP contribution in [-0.4, -0.2) is 22.6 Å². The van der Waals surface area contributed by atoms with Crippen LogP contribution in [0, 0.1) is 5.82 Å². The molecule has 26 heavy (non-hydrogen) atoms. The van der Waals surface area contributed by atoms with E-state index in [1.54, 1.807) is 18.2 Å². The average molecular weight is 352 g/mol. The highest BCUT2D eigenvalue weighted by molar-refractivity contribution is 5.96. The smallest absolute Gasteiger partial charge is 0.249 e. The second-order valence-electron chi connectivity index (χ2n) is 6.21. The number of fused-ring (bicyclic) bond motifs is 1. The van der Waals surface area contributed by atoms with Crippen LogP contribution >= 0.6 is 0 Å². The molecule has 1 aliphatic rings. The predicted molar refractivity (Wildman–Crippen MR) is 94.0 cm³/mol. The second kappa shape index (κ2) is 6.59. The Labute approximate surface area is 149 Å². The van der Waals surface area contributed by atoms with Crippen molar-refractivity contribution in [3.63, 3.8) is 0 Å². The Morgan fingerprint density at radius 1 is 1.23 bits per heavy atom. The fraction of sp³-hybridized carbons (Fsp3) is 0.211. The number of aromatic nitrogens is 2. The van der Waals surface area contributed by atoms with E-state index in [4.69, 9.17) is 10.3 Å². The first-order chi connectivity index (χ1) is 12.6. The van der Waals surface area contributed by atoms with Crippen LogP contribution in [0.1, 0.15) is 28.2 Å². The van der Waals surface area contributed by atoms with Gasteiger partial charge >= 0.3 is 0 Å². The Kier molecular flexibility index (Phi) is 4.12. The Hall–Kier alpha value is -3.22. The highest BCUT2D eigenvalue weighted by Gasteiger charge is 2.23. The van der Waals surface area contributed by atoms with Gasteiger partial charge in [0.05, 0.1) is 6.54 Å². The van der Waals surface area contributed by atoms with Gasteiger partial charge in [0.15, 0.2) is 0 Å². The van der Waals surface area contributed by atoms with Crippen LogP contribution in [0.2, 0.25) is 0 Å². The molecule has 2 N–H and O–H groups in total. The van der Waals surface area contributed by atoms with Gasteiger partial charge < -0.3 is 15.2 Å². The van der Waals surface area contributed by atoms with Gasteiger partial charge in [0.2, 0.25) is 17.6 Å². The van der Waals surface area contributed by atoms with E-state index in [2.05, 4.69) is 15.0 Å². The molecule has 6 nitrogen and oxygen atoms in total. The lowest BCUT2D eigenvalue weighted by Gasteiger charge is -2.31. The molecule has 2 aromatic carbocycles. The van der Waals surface area contributed by atoms with Crippen LogP contribution in [0.3, 0.4) is 0 Å². The van der Waals surface area contributed by atoms with Crippen LogP contribution in [0.25, 0.3) is 11.4 Å². The lowest BCUT2D eigenvalue weighted by Crippen LogP contribution is -2.30. The first-order valence-electron chi connectivity index (χ1n) is 8.37. The molecule has 4 rings (SSSR count). The average Bonchev–Trinajstić information content (AvgIpc) is 3.10. The number of nitrogens with zero attached hydrogens (tertiary/aromatic N) is 3. The van der Waals surface area contributed by atoms with Crippen molar-refractivity contribution in [1.29, 1.82) is 0 Å². The maximum Gasteiger partial charge on any atom is 0.249 e. The highest BCUT2D eigenvalue weighted by Crippen LogP contribution is 2.31. The fourth-order valence-corrected chi connectivity index (χ4v) is 3.29. The molecule has 0 saturated heterocycles. The van der Waals surface area contributed by atoms with Gasteiger partial charge in [-0.05, 0) is 54.8 Å². The molecule has 0 bridgehead atoms. The number of nitrogens with two attached hydrogens (primary N) is 1. The Morgan fingerprint density at radius 2 is 2.04 bits per heavy atom. The molecule has 1 aromatic heterocycles. The molecule has 0 radical (unpaired) electrons. The molecular formula is C19H17FN4O2. The summed E-state index contributed by atoms with van der Waals surface area (Å²) in [5, 5.41) is 3.97. The van der Waals surface area contributed by atoms with Gasteiger partial charge in [-0.15, -0.1) is 0 Å². The standard InChI is InChI=1S/C19H17FN4O2/c20-13-8-6-12(7-9-13)19-22-17(26-23-19)11-24-10-2-4-14-15(18(21)25)3-1-5-16(14)24/h1,3,5-9H,2,4,10-11H2,(H2,21,25). The minimum Gasteiger partial charge on any atom is -0.366 e. The maximum atomic E-state index is 13.0. The molecule has 3 aromatic rings. The number of rotatable bonds is 4. The van der Waals surface area contributed by atoms with Gasteiger partial charge in [-0.25, -0.2) is 4.39 Å². The van der Waals surface area contributed by atoms with Crippen molar-refractivity contribution in [3.05, 3.63) is 65.3 Å². The third kappa shape index (κ3) is 3.03. The number of carbonyl (C=O) groups excluding carboxylic acids is 1. The Balaban J connectivity index is 1.59. The normalized spacial score (nSPS) is 13.5. The first-order valence-corrected chi connectivity index (χ1v) is 8.37. The Morgan fingerprint density at radius 3 is 2.81 bits per heavy atom.